The van der Waals surface area contributed by atoms with Gasteiger partial charge in [0, 0.05) is 24.5 Å². The second-order valence-electron chi connectivity index (χ2n) is 4.21. The molecule has 2 N–H and O–H groups in total. The van der Waals surface area contributed by atoms with E-state index < -0.39 is 0 Å². The Morgan fingerprint density at radius 1 is 1.31 bits per heavy atom. The summed E-state index contributed by atoms with van der Waals surface area (Å²) < 4.78 is 0. The molecule has 0 amide bonds. The van der Waals surface area contributed by atoms with E-state index in [4.69, 9.17) is 5.73 Å². The topological polar surface area (TPSA) is 42.2 Å². The van der Waals surface area contributed by atoms with Gasteiger partial charge in [0.1, 0.15) is 0 Å². The van der Waals surface area contributed by atoms with Crippen molar-refractivity contribution in [3.63, 3.8) is 0 Å². The summed E-state index contributed by atoms with van der Waals surface area (Å²) in [6.45, 7) is 8.58. The molecule has 2 unspecified atom stereocenters. The first-order valence-corrected chi connectivity index (χ1v) is 6.10. The Balaban J connectivity index is 2.90. The summed E-state index contributed by atoms with van der Waals surface area (Å²) in [5.41, 5.74) is 7.38. The van der Waals surface area contributed by atoms with Gasteiger partial charge in [0.05, 0.1) is 0 Å². The Morgan fingerprint density at radius 3 is 2.38 bits per heavy atom. The minimum absolute atomic E-state index is 0.133. The van der Waals surface area contributed by atoms with E-state index in [-0.39, 0.29) is 6.04 Å². The third kappa shape index (κ3) is 3.29. The molecule has 1 aromatic rings. The molecule has 0 fully saturated rings. The first-order chi connectivity index (χ1) is 7.70. The Labute approximate surface area is 98.7 Å². The molecule has 3 heteroatoms. The Bertz CT molecular complexity index is 284. The zero-order chi connectivity index (χ0) is 12.0. The van der Waals surface area contributed by atoms with Crippen LogP contribution < -0.4 is 5.73 Å². The van der Waals surface area contributed by atoms with Crippen molar-refractivity contribution in [1.29, 1.82) is 0 Å². The lowest BCUT2D eigenvalue weighted by atomic mass is 10.00. The Kier molecular flexibility index (Phi) is 5.43. The number of pyridine rings is 1. The monoisotopic (exact) mass is 221 g/mol. The van der Waals surface area contributed by atoms with E-state index >= 15 is 0 Å². The third-order valence-electron chi connectivity index (χ3n) is 2.86. The van der Waals surface area contributed by atoms with Gasteiger partial charge in [0.25, 0.3) is 0 Å². The highest BCUT2D eigenvalue weighted by molar-refractivity contribution is 5.17. The largest absolute Gasteiger partial charge is 0.326 e. The van der Waals surface area contributed by atoms with Crippen LogP contribution in [0.1, 0.15) is 38.8 Å². The van der Waals surface area contributed by atoms with E-state index in [1.54, 1.807) is 0 Å². The van der Waals surface area contributed by atoms with Crippen molar-refractivity contribution in [3.8, 4) is 0 Å². The van der Waals surface area contributed by atoms with E-state index in [9.17, 15) is 0 Å². The molecule has 0 aliphatic carbocycles. The lowest BCUT2D eigenvalue weighted by Crippen LogP contribution is -2.39. The highest BCUT2D eigenvalue weighted by atomic mass is 15.2. The van der Waals surface area contributed by atoms with Crippen molar-refractivity contribution in [2.75, 3.05) is 13.1 Å². The van der Waals surface area contributed by atoms with Gasteiger partial charge in [-0.25, -0.2) is 0 Å². The molecule has 0 bridgehead atoms. The van der Waals surface area contributed by atoms with E-state index in [1.165, 1.54) is 5.56 Å². The fourth-order valence-corrected chi connectivity index (χ4v) is 2.19. The predicted molar refractivity (Wildman–Crippen MR) is 68.2 cm³/mol. The standard InChI is InChI=1S/C13H23N3/c1-4-10-16(5-2)13(11(3)14)12-6-8-15-9-7-12/h6-9,11,13H,4-5,10,14H2,1-3H3. The van der Waals surface area contributed by atoms with Gasteiger partial charge >= 0.3 is 0 Å². The molecule has 0 aliphatic rings. The van der Waals surface area contributed by atoms with Gasteiger partial charge < -0.3 is 5.73 Å². The summed E-state index contributed by atoms with van der Waals surface area (Å²) in [4.78, 5) is 6.49. The van der Waals surface area contributed by atoms with Gasteiger partial charge in [-0.3, -0.25) is 9.88 Å². The average molecular weight is 221 g/mol. The van der Waals surface area contributed by atoms with Gasteiger partial charge in [0.15, 0.2) is 0 Å². The summed E-state index contributed by atoms with van der Waals surface area (Å²) in [6.07, 6.45) is 4.83. The number of aromatic nitrogens is 1. The minimum Gasteiger partial charge on any atom is -0.326 e. The molecule has 0 aromatic carbocycles. The van der Waals surface area contributed by atoms with Crippen LogP contribution in [0.4, 0.5) is 0 Å². The average Bonchev–Trinajstić information content (AvgIpc) is 2.29. The number of likely N-dealkylation sites (N-methyl/N-ethyl adjacent to an activating group) is 1. The number of nitrogens with zero attached hydrogens (tertiary/aromatic N) is 2. The highest BCUT2D eigenvalue weighted by Crippen LogP contribution is 2.22. The molecule has 2 atom stereocenters. The molecule has 1 rings (SSSR count). The molecule has 0 saturated carbocycles. The van der Waals surface area contributed by atoms with Crippen LogP contribution in [0.3, 0.4) is 0 Å². The van der Waals surface area contributed by atoms with E-state index in [0.29, 0.717) is 6.04 Å². The van der Waals surface area contributed by atoms with Crippen LogP contribution in [0.2, 0.25) is 0 Å². The molecule has 3 nitrogen and oxygen atoms in total. The van der Waals surface area contributed by atoms with Crippen LogP contribution >= 0.6 is 0 Å². The minimum atomic E-state index is 0.133. The second-order valence-corrected chi connectivity index (χ2v) is 4.21. The molecule has 0 spiro atoms. The quantitative estimate of drug-likeness (QED) is 0.800. The summed E-state index contributed by atoms with van der Waals surface area (Å²) in [7, 11) is 0. The fraction of sp³-hybridized carbons (Fsp3) is 0.615. The Morgan fingerprint density at radius 2 is 1.94 bits per heavy atom. The second kappa shape index (κ2) is 6.61. The van der Waals surface area contributed by atoms with Crippen molar-refractivity contribution < 1.29 is 0 Å². The smallest absolute Gasteiger partial charge is 0.0497 e. The summed E-state index contributed by atoms with van der Waals surface area (Å²) >= 11 is 0. The molecule has 1 aromatic heterocycles. The number of hydrogen-bond acceptors (Lipinski definition) is 3. The van der Waals surface area contributed by atoms with E-state index in [0.717, 1.165) is 19.5 Å². The molecule has 1 heterocycles. The molecular formula is C13H23N3. The van der Waals surface area contributed by atoms with Crippen LogP contribution in [0.25, 0.3) is 0 Å². The van der Waals surface area contributed by atoms with Crippen molar-refractivity contribution in [1.82, 2.24) is 9.88 Å². The van der Waals surface area contributed by atoms with Crippen LogP contribution in [-0.4, -0.2) is 29.0 Å². The maximum Gasteiger partial charge on any atom is 0.0497 e. The zero-order valence-corrected chi connectivity index (χ0v) is 10.6. The first kappa shape index (κ1) is 13.1. The van der Waals surface area contributed by atoms with Gasteiger partial charge in [-0.2, -0.15) is 0 Å². The van der Waals surface area contributed by atoms with Crippen LogP contribution in [0.5, 0.6) is 0 Å². The third-order valence-corrected chi connectivity index (χ3v) is 2.86. The summed E-state index contributed by atoms with van der Waals surface area (Å²) in [6, 6.07) is 4.56. The lowest BCUT2D eigenvalue weighted by Gasteiger charge is -2.33. The van der Waals surface area contributed by atoms with Crippen molar-refractivity contribution >= 4 is 0 Å². The van der Waals surface area contributed by atoms with Crippen molar-refractivity contribution in [2.24, 2.45) is 5.73 Å². The van der Waals surface area contributed by atoms with Crippen LogP contribution in [-0.2, 0) is 0 Å². The lowest BCUT2D eigenvalue weighted by molar-refractivity contribution is 0.186. The molecular weight excluding hydrogens is 198 g/mol. The number of nitrogens with two attached hydrogens (primary N) is 1. The van der Waals surface area contributed by atoms with Crippen molar-refractivity contribution in [2.45, 2.75) is 39.3 Å². The molecule has 16 heavy (non-hydrogen) atoms. The van der Waals surface area contributed by atoms with Crippen LogP contribution in [0.15, 0.2) is 24.5 Å². The fourth-order valence-electron chi connectivity index (χ4n) is 2.19. The molecule has 0 aliphatic heterocycles. The van der Waals surface area contributed by atoms with Crippen LogP contribution in [0, 0.1) is 0 Å². The van der Waals surface area contributed by atoms with E-state index in [2.05, 4.69) is 42.8 Å². The van der Waals surface area contributed by atoms with Gasteiger partial charge in [-0.15, -0.1) is 0 Å². The van der Waals surface area contributed by atoms with Gasteiger partial charge in [-0.1, -0.05) is 13.8 Å². The summed E-state index contributed by atoms with van der Waals surface area (Å²) in [5.74, 6) is 0. The van der Waals surface area contributed by atoms with Gasteiger partial charge in [0.2, 0.25) is 0 Å². The first-order valence-electron chi connectivity index (χ1n) is 6.10. The zero-order valence-electron chi connectivity index (χ0n) is 10.6. The summed E-state index contributed by atoms with van der Waals surface area (Å²) in [5, 5.41) is 0. The van der Waals surface area contributed by atoms with Gasteiger partial charge in [-0.05, 0) is 44.1 Å². The molecule has 0 radical (unpaired) electrons. The maximum absolute atomic E-state index is 6.11. The maximum atomic E-state index is 6.11. The molecule has 0 saturated heterocycles. The Hall–Kier alpha value is -0.930. The number of rotatable bonds is 6. The highest BCUT2D eigenvalue weighted by Gasteiger charge is 2.21. The number of hydrogen-bond donors (Lipinski definition) is 1. The SMILES string of the molecule is CCCN(CC)C(c1ccncc1)C(C)N. The normalized spacial score (nSPS) is 15.1. The molecule has 90 valence electrons. The van der Waals surface area contributed by atoms with E-state index in [1.807, 2.05) is 12.4 Å². The predicted octanol–water partition coefficient (Wildman–Crippen LogP) is 2.20. The van der Waals surface area contributed by atoms with Crippen molar-refractivity contribution in [3.05, 3.63) is 30.1 Å².